The van der Waals surface area contributed by atoms with Gasteiger partial charge in [0.1, 0.15) is 0 Å². The molecule has 2 aliphatic rings. The number of hydrogen-bond acceptors (Lipinski definition) is 4. The molecule has 1 spiro atoms. The Morgan fingerprint density at radius 1 is 0.905 bits per heavy atom. The summed E-state index contributed by atoms with van der Waals surface area (Å²) in [6.07, 6.45) is 6.32. The van der Waals surface area contributed by atoms with E-state index in [0.717, 1.165) is 76.6 Å². The van der Waals surface area contributed by atoms with Crippen molar-refractivity contribution < 1.29 is 4.79 Å². The molecule has 2 aliphatic carbocycles. The Labute approximate surface area is 250 Å². The van der Waals surface area contributed by atoms with Gasteiger partial charge in [-0.25, -0.2) is 4.98 Å². The highest BCUT2D eigenvalue weighted by Gasteiger charge is 2.43. The zero-order valence-corrected chi connectivity index (χ0v) is 24.5. The Morgan fingerprint density at radius 3 is 2.48 bits per heavy atom. The van der Waals surface area contributed by atoms with Gasteiger partial charge in [-0.2, -0.15) is 0 Å². The van der Waals surface area contributed by atoms with Crippen molar-refractivity contribution in [1.29, 1.82) is 0 Å². The molecule has 0 saturated heterocycles. The summed E-state index contributed by atoms with van der Waals surface area (Å²) in [6.45, 7) is 2.04. The number of rotatable bonds is 5. The van der Waals surface area contributed by atoms with Crippen LogP contribution in [-0.4, -0.2) is 21.2 Å². The van der Waals surface area contributed by atoms with Crippen LogP contribution in [0.15, 0.2) is 101 Å². The van der Waals surface area contributed by atoms with E-state index in [9.17, 15) is 9.59 Å². The maximum atomic E-state index is 14.7. The van der Waals surface area contributed by atoms with Crippen LogP contribution in [0.1, 0.15) is 48.8 Å². The van der Waals surface area contributed by atoms with E-state index < -0.39 is 0 Å². The van der Waals surface area contributed by atoms with Gasteiger partial charge in [-0.3, -0.25) is 14.2 Å². The monoisotopic (exact) mass is 571 g/mol. The molecule has 210 valence electrons. The fourth-order valence-corrected chi connectivity index (χ4v) is 7.66. The van der Waals surface area contributed by atoms with E-state index in [1.807, 2.05) is 79.7 Å². The van der Waals surface area contributed by atoms with E-state index in [-0.39, 0.29) is 22.6 Å². The Morgan fingerprint density at radius 2 is 1.64 bits per heavy atom. The molecule has 0 atom stereocenters. The van der Waals surface area contributed by atoms with E-state index in [4.69, 9.17) is 4.98 Å². The Balaban J connectivity index is 1.32. The molecule has 6 heteroatoms. The van der Waals surface area contributed by atoms with Crippen molar-refractivity contribution in [2.75, 3.05) is 11.1 Å². The molecule has 0 radical (unpaired) electrons. The molecule has 5 nitrogen and oxygen atoms in total. The minimum Gasteiger partial charge on any atom is -0.325 e. The first-order valence-corrected chi connectivity index (χ1v) is 15.7. The highest BCUT2D eigenvalue weighted by atomic mass is 32.2. The van der Waals surface area contributed by atoms with Crippen molar-refractivity contribution in [3.63, 3.8) is 0 Å². The van der Waals surface area contributed by atoms with Gasteiger partial charge in [0.2, 0.25) is 5.91 Å². The number of anilines is 1. The normalized spacial score (nSPS) is 15.3. The molecular weight excluding hydrogens is 538 g/mol. The highest BCUT2D eigenvalue weighted by Crippen LogP contribution is 2.49. The van der Waals surface area contributed by atoms with Gasteiger partial charge in [0.15, 0.2) is 5.16 Å². The number of thioether (sulfide) groups is 1. The SMILES string of the molecule is Cc1ccc(-n2c(SCC(=O)Nc3cccc4ccccc34)nc3c(c2=O)C2(CCCCC2)Cc2ccccc2-3)cc1. The predicted octanol–water partition coefficient (Wildman–Crippen LogP) is 7.85. The average Bonchev–Trinajstić information content (AvgIpc) is 3.01. The minimum atomic E-state index is -0.201. The molecule has 1 saturated carbocycles. The number of aryl methyl sites for hydroxylation is 1. The summed E-state index contributed by atoms with van der Waals surface area (Å²) in [7, 11) is 0. The van der Waals surface area contributed by atoms with Gasteiger partial charge in [-0.15, -0.1) is 0 Å². The lowest BCUT2D eigenvalue weighted by Crippen LogP contribution is -2.43. The van der Waals surface area contributed by atoms with Gasteiger partial charge in [0, 0.05) is 22.1 Å². The largest absolute Gasteiger partial charge is 0.325 e. The molecule has 1 fully saturated rings. The molecule has 0 bridgehead atoms. The van der Waals surface area contributed by atoms with Crippen molar-refractivity contribution in [2.24, 2.45) is 0 Å². The molecule has 1 amide bonds. The number of benzene rings is 4. The van der Waals surface area contributed by atoms with Crippen molar-refractivity contribution in [3.05, 3.63) is 118 Å². The third-order valence-electron chi connectivity index (χ3n) is 8.88. The summed E-state index contributed by atoms with van der Waals surface area (Å²) >= 11 is 1.32. The zero-order chi connectivity index (χ0) is 28.7. The fraction of sp³-hybridized carbons (Fsp3) is 0.250. The second kappa shape index (κ2) is 10.9. The van der Waals surface area contributed by atoms with Crippen LogP contribution < -0.4 is 10.9 Å². The van der Waals surface area contributed by atoms with Gasteiger partial charge < -0.3 is 5.32 Å². The Kier molecular flexibility index (Phi) is 6.95. The van der Waals surface area contributed by atoms with E-state index in [1.54, 1.807) is 4.57 Å². The molecule has 1 aromatic heterocycles. The van der Waals surface area contributed by atoms with Crippen LogP contribution in [0.5, 0.6) is 0 Å². The van der Waals surface area contributed by atoms with Crippen LogP contribution in [0.2, 0.25) is 0 Å². The van der Waals surface area contributed by atoms with Gasteiger partial charge in [-0.1, -0.05) is 109 Å². The maximum absolute atomic E-state index is 14.7. The molecule has 0 unspecified atom stereocenters. The number of fused-ring (bicyclic) bond motifs is 5. The van der Waals surface area contributed by atoms with Crippen molar-refractivity contribution in [3.8, 4) is 16.9 Å². The fourth-order valence-electron chi connectivity index (χ4n) is 6.86. The van der Waals surface area contributed by atoms with Gasteiger partial charge in [0.05, 0.1) is 22.7 Å². The van der Waals surface area contributed by atoms with Crippen LogP contribution >= 0.6 is 11.8 Å². The first kappa shape index (κ1) is 26.7. The number of carbonyl (C=O) groups is 1. The molecule has 42 heavy (non-hydrogen) atoms. The van der Waals surface area contributed by atoms with E-state index >= 15 is 0 Å². The minimum absolute atomic E-state index is 0.00258. The molecule has 0 aliphatic heterocycles. The molecule has 1 N–H and O–H groups in total. The maximum Gasteiger partial charge on any atom is 0.263 e. The van der Waals surface area contributed by atoms with Crippen molar-refractivity contribution >= 4 is 34.1 Å². The second-order valence-electron chi connectivity index (χ2n) is 11.6. The number of aromatic nitrogens is 2. The summed E-state index contributed by atoms with van der Waals surface area (Å²) in [5, 5.41) is 5.69. The zero-order valence-electron chi connectivity index (χ0n) is 23.7. The van der Waals surface area contributed by atoms with E-state index in [0.29, 0.717) is 5.16 Å². The topological polar surface area (TPSA) is 64.0 Å². The first-order chi connectivity index (χ1) is 20.5. The number of carbonyl (C=O) groups excluding carboxylic acids is 1. The number of nitrogens with zero attached hydrogens (tertiary/aromatic N) is 2. The number of amides is 1. The van der Waals surface area contributed by atoms with Gasteiger partial charge >= 0.3 is 0 Å². The summed E-state index contributed by atoms with van der Waals surface area (Å²) in [6, 6.07) is 30.3. The summed E-state index contributed by atoms with van der Waals surface area (Å²) in [5.41, 5.74) is 6.43. The third-order valence-corrected chi connectivity index (χ3v) is 9.82. The Bertz CT molecular complexity index is 1860. The molecule has 7 rings (SSSR count). The van der Waals surface area contributed by atoms with Crippen LogP contribution in [-0.2, 0) is 16.6 Å². The molecular formula is C36H33N3O2S. The summed E-state index contributed by atoms with van der Waals surface area (Å²) < 4.78 is 1.75. The molecule has 5 aromatic rings. The van der Waals surface area contributed by atoms with Crippen molar-refractivity contribution in [2.45, 2.75) is 56.0 Å². The first-order valence-electron chi connectivity index (χ1n) is 14.8. The standard InChI is InChI=1S/C36H33N3O2S/c1-24-16-18-27(19-17-24)39-34(41)32-33(29-14-6-4-11-26(29)22-36(32)20-7-2-8-21-36)38-35(39)42-23-31(40)37-30-15-9-12-25-10-3-5-13-28(25)30/h3-6,9-19H,2,7-8,20-23H2,1H3,(H,37,40). The van der Waals surface area contributed by atoms with Gasteiger partial charge in [-0.05, 0) is 55.3 Å². The lowest BCUT2D eigenvalue weighted by molar-refractivity contribution is -0.113. The van der Waals surface area contributed by atoms with E-state index in [2.05, 4.69) is 23.5 Å². The molecule has 4 aromatic carbocycles. The van der Waals surface area contributed by atoms with Crippen LogP contribution in [0.3, 0.4) is 0 Å². The predicted molar refractivity (Wildman–Crippen MR) is 172 cm³/mol. The quantitative estimate of drug-likeness (QED) is 0.172. The Hall–Kier alpha value is -4.16. The third kappa shape index (κ3) is 4.74. The van der Waals surface area contributed by atoms with Gasteiger partial charge in [0.25, 0.3) is 5.56 Å². The van der Waals surface area contributed by atoms with Crippen LogP contribution in [0.4, 0.5) is 5.69 Å². The number of nitrogens with one attached hydrogen (secondary N) is 1. The summed E-state index contributed by atoms with van der Waals surface area (Å²) in [5.74, 6) is -0.00413. The summed E-state index contributed by atoms with van der Waals surface area (Å²) in [4.78, 5) is 33.2. The lowest BCUT2D eigenvalue weighted by Gasteiger charge is -2.42. The van der Waals surface area contributed by atoms with Crippen LogP contribution in [0.25, 0.3) is 27.7 Å². The average molecular weight is 572 g/mol. The van der Waals surface area contributed by atoms with Crippen LogP contribution in [0, 0.1) is 6.92 Å². The van der Waals surface area contributed by atoms with E-state index in [1.165, 1.54) is 23.7 Å². The number of hydrogen-bond donors (Lipinski definition) is 1. The second-order valence-corrected chi connectivity index (χ2v) is 12.6. The highest BCUT2D eigenvalue weighted by molar-refractivity contribution is 7.99. The lowest BCUT2D eigenvalue weighted by atomic mass is 9.62. The molecule has 1 heterocycles. The van der Waals surface area contributed by atoms with Crippen molar-refractivity contribution in [1.82, 2.24) is 9.55 Å². The smallest absolute Gasteiger partial charge is 0.263 e.